The highest BCUT2D eigenvalue weighted by atomic mass is 35.5. The Labute approximate surface area is 114 Å². The molecule has 0 atom stereocenters. The van der Waals surface area contributed by atoms with Crippen LogP contribution in [-0.2, 0) is 6.54 Å². The second kappa shape index (κ2) is 6.10. The summed E-state index contributed by atoms with van der Waals surface area (Å²) in [5, 5.41) is 0.751. The quantitative estimate of drug-likeness (QED) is 0.660. The first kappa shape index (κ1) is 13.2. The Kier molecular flexibility index (Phi) is 4.48. The van der Waals surface area contributed by atoms with Crippen LogP contribution in [0.4, 0.5) is 0 Å². The lowest BCUT2D eigenvalue weighted by Gasteiger charge is -2.31. The van der Waals surface area contributed by atoms with Crippen LogP contribution in [0.3, 0.4) is 0 Å². The van der Waals surface area contributed by atoms with Crippen LogP contribution in [0, 0.1) is 5.92 Å². The SMILES string of the molecule is CC1CCN(C(N)=NCc2ccc(Cl)cc2)CC1. The summed E-state index contributed by atoms with van der Waals surface area (Å²) >= 11 is 5.84. The van der Waals surface area contributed by atoms with Gasteiger partial charge in [0.2, 0.25) is 0 Å². The maximum Gasteiger partial charge on any atom is 0.191 e. The van der Waals surface area contributed by atoms with Crippen LogP contribution >= 0.6 is 11.6 Å². The highest BCUT2D eigenvalue weighted by molar-refractivity contribution is 6.30. The number of rotatable bonds is 2. The maximum atomic E-state index is 6.02. The summed E-state index contributed by atoms with van der Waals surface area (Å²) in [4.78, 5) is 6.63. The topological polar surface area (TPSA) is 41.6 Å². The molecule has 18 heavy (non-hydrogen) atoms. The molecular weight excluding hydrogens is 246 g/mol. The van der Waals surface area contributed by atoms with Gasteiger partial charge in [0, 0.05) is 18.1 Å². The number of nitrogens with zero attached hydrogens (tertiary/aromatic N) is 2. The molecule has 2 N–H and O–H groups in total. The molecule has 1 aliphatic rings. The van der Waals surface area contributed by atoms with Crippen LogP contribution in [0.1, 0.15) is 25.3 Å². The predicted molar refractivity (Wildman–Crippen MR) is 76.7 cm³/mol. The third-order valence-electron chi connectivity index (χ3n) is 3.44. The van der Waals surface area contributed by atoms with Gasteiger partial charge in [0.1, 0.15) is 0 Å². The van der Waals surface area contributed by atoms with E-state index in [1.165, 1.54) is 12.8 Å². The zero-order valence-corrected chi connectivity index (χ0v) is 11.5. The van der Waals surface area contributed by atoms with Crippen LogP contribution in [-0.4, -0.2) is 23.9 Å². The normalized spacial score (nSPS) is 18.1. The summed E-state index contributed by atoms with van der Waals surface area (Å²) in [6, 6.07) is 7.73. The molecule has 0 bridgehead atoms. The van der Waals surface area contributed by atoms with Gasteiger partial charge in [-0.2, -0.15) is 0 Å². The monoisotopic (exact) mass is 265 g/mol. The molecule has 1 heterocycles. The van der Waals surface area contributed by atoms with Crippen molar-refractivity contribution >= 4 is 17.6 Å². The van der Waals surface area contributed by atoms with Crippen molar-refractivity contribution in [2.45, 2.75) is 26.3 Å². The van der Waals surface area contributed by atoms with Crippen molar-refractivity contribution in [1.82, 2.24) is 4.90 Å². The summed E-state index contributed by atoms with van der Waals surface area (Å²) in [7, 11) is 0. The molecule has 1 aromatic carbocycles. The fraction of sp³-hybridized carbons (Fsp3) is 0.500. The van der Waals surface area contributed by atoms with Gasteiger partial charge in [0.25, 0.3) is 0 Å². The zero-order valence-electron chi connectivity index (χ0n) is 10.8. The van der Waals surface area contributed by atoms with Crippen molar-refractivity contribution in [1.29, 1.82) is 0 Å². The van der Waals surface area contributed by atoms with Crippen LogP contribution in [0.2, 0.25) is 5.02 Å². The minimum atomic E-state index is 0.620. The van der Waals surface area contributed by atoms with Gasteiger partial charge in [-0.3, -0.25) is 0 Å². The number of benzene rings is 1. The maximum absolute atomic E-state index is 6.02. The van der Waals surface area contributed by atoms with Gasteiger partial charge in [0.15, 0.2) is 5.96 Å². The highest BCUT2D eigenvalue weighted by Crippen LogP contribution is 2.16. The lowest BCUT2D eigenvalue weighted by Crippen LogP contribution is -2.42. The molecule has 3 nitrogen and oxygen atoms in total. The Balaban J connectivity index is 1.90. The molecule has 1 aliphatic heterocycles. The molecule has 0 unspecified atom stereocenters. The number of halogens is 1. The van der Waals surface area contributed by atoms with Gasteiger partial charge in [-0.15, -0.1) is 0 Å². The van der Waals surface area contributed by atoms with Crippen molar-refractivity contribution in [2.75, 3.05) is 13.1 Å². The van der Waals surface area contributed by atoms with E-state index in [0.717, 1.165) is 29.6 Å². The fourth-order valence-electron chi connectivity index (χ4n) is 2.10. The number of piperidine rings is 1. The van der Waals surface area contributed by atoms with E-state index in [1.54, 1.807) is 0 Å². The van der Waals surface area contributed by atoms with Gasteiger partial charge in [-0.1, -0.05) is 30.7 Å². The Morgan fingerprint density at radius 1 is 1.33 bits per heavy atom. The Morgan fingerprint density at radius 2 is 1.94 bits per heavy atom. The Bertz CT molecular complexity index is 406. The summed E-state index contributed by atoms with van der Waals surface area (Å²) < 4.78 is 0. The molecule has 0 spiro atoms. The lowest BCUT2D eigenvalue weighted by atomic mass is 10.00. The zero-order chi connectivity index (χ0) is 13.0. The van der Waals surface area contributed by atoms with Crippen LogP contribution < -0.4 is 5.73 Å². The molecule has 1 saturated heterocycles. The summed E-state index contributed by atoms with van der Waals surface area (Å²) in [5.74, 6) is 1.47. The molecule has 2 rings (SSSR count). The molecule has 0 amide bonds. The van der Waals surface area contributed by atoms with E-state index in [1.807, 2.05) is 24.3 Å². The minimum absolute atomic E-state index is 0.620. The molecule has 1 aromatic rings. The molecule has 0 radical (unpaired) electrons. The standard InChI is InChI=1S/C14H20ClN3/c1-11-6-8-18(9-7-11)14(16)17-10-12-2-4-13(15)5-3-12/h2-5,11H,6-10H2,1H3,(H2,16,17). The second-order valence-corrected chi connectivity index (χ2v) is 5.41. The lowest BCUT2D eigenvalue weighted by molar-refractivity contribution is 0.277. The predicted octanol–water partition coefficient (Wildman–Crippen LogP) is 2.89. The average molecular weight is 266 g/mol. The Hall–Kier alpha value is -1.22. The minimum Gasteiger partial charge on any atom is -0.370 e. The second-order valence-electron chi connectivity index (χ2n) is 4.97. The van der Waals surface area contributed by atoms with E-state index in [4.69, 9.17) is 17.3 Å². The molecule has 0 aliphatic carbocycles. The first-order valence-corrected chi connectivity index (χ1v) is 6.82. The van der Waals surface area contributed by atoms with Gasteiger partial charge >= 0.3 is 0 Å². The molecular formula is C14H20ClN3. The van der Waals surface area contributed by atoms with Gasteiger partial charge in [0.05, 0.1) is 6.54 Å². The fourth-order valence-corrected chi connectivity index (χ4v) is 2.23. The van der Waals surface area contributed by atoms with Gasteiger partial charge in [-0.25, -0.2) is 4.99 Å². The first-order chi connectivity index (χ1) is 8.65. The largest absolute Gasteiger partial charge is 0.370 e. The van der Waals surface area contributed by atoms with Crippen molar-refractivity contribution in [3.05, 3.63) is 34.9 Å². The van der Waals surface area contributed by atoms with Crippen molar-refractivity contribution in [2.24, 2.45) is 16.6 Å². The van der Waals surface area contributed by atoms with Crippen LogP contribution in [0.5, 0.6) is 0 Å². The van der Waals surface area contributed by atoms with Crippen molar-refractivity contribution < 1.29 is 0 Å². The van der Waals surface area contributed by atoms with Crippen molar-refractivity contribution in [3.8, 4) is 0 Å². The molecule has 0 aromatic heterocycles. The molecule has 0 saturated carbocycles. The van der Waals surface area contributed by atoms with E-state index in [-0.39, 0.29) is 0 Å². The first-order valence-electron chi connectivity index (χ1n) is 6.44. The summed E-state index contributed by atoms with van der Waals surface area (Å²) in [5.41, 5.74) is 7.15. The van der Waals surface area contributed by atoms with E-state index in [9.17, 15) is 0 Å². The average Bonchev–Trinajstić information content (AvgIpc) is 2.38. The van der Waals surface area contributed by atoms with Crippen LogP contribution in [0.25, 0.3) is 0 Å². The summed E-state index contributed by atoms with van der Waals surface area (Å²) in [6.45, 7) is 4.96. The van der Waals surface area contributed by atoms with E-state index in [0.29, 0.717) is 12.5 Å². The van der Waals surface area contributed by atoms with E-state index < -0.39 is 0 Å². The molecule has 4 heteroatoms. The third kappa shape index (κ3) is 3.64. The number of guanidine groups is 1. The number of hydrogen-bond acceptors (Lipinski definition) is 1. The number of likely N-dealkylation sites (tertiary alicyclic amines) is 1. The van der Waals surface area contributed by atoms with E-state index in [2.05, 4.69) is 16.8 Å². The van der Waals surface area contributed by atoms with Gasteiger partial charge < -0.3 is 10.6 Å². The Morgan fingerprint density at radius 3 is 2.56 bits per heavy atom. The summed E-state index contributed by atoms with van der Waals surface area (Å²) in [6.07, 6.45) is 2.41. The highest BCUT2D eigenvalue weighted by Gasteiger charge is 2.16. The third-order valence-corrected chi connectivity index (χ3v) is 3.70. The smallest absolute Gasteiger partial charge is 0.191 e. The molecule has 98 valence electrons. The van der Waals surface area contributed by atoms with E-state index >= 15 is 0 Å². The van der Waals surface area contributed by atoms with Gasteiger partial charge in [-0.05, 0) is 36.5 Å². The number of hydrogen-bond donors (Lipinski definition) is 1. The number of aliphatic imine (C=N–C) groups is 1. The van der Waals surface area contributed by atoms with Crippen LogP contribution in [0.15, 0.2) is 29.3 Å². The van der Waals surface area contributed by atoms with Crippen molar-refractivity contribution in [3.63, 3.8) is 0 Å². The number of nitrogens with two attached hydrogens (primary N) is 1. The molecule has 1 fully saturated rings.